The van der Waals surface area contributed by atoms with E-state index in [-0.39, 0.29) is 5.60 Å². The second-order valence-corrected chi connectivity index (χ2v) is 4.17. The van der Waals surface area contributed by atoms with Gasteiger partial charge in [-0.1, -0.05) is 0 Å². The Hall–Kier alpha value is -0.0800. The van der Waals surface area contributed by atoms with Crippen molar-refractivity contribution in [1.29, 1.82) is 0 Å². The van der Waals surface area contributed by atoms with Crippen molar-refractivity contribution in [3.63, 3.8) is 0 Å². The molecular formula is C9H19NO. The molecule has 0 aromatic carbocycles. The van der Waals surface area contributed by atoms with Crippen LogP contribution in [0.15, 0.2) is 0 Å². The Morgan fingerprint density at radius 1 is 1.55 bits per heavy atom. The Morgan fingerprint density at radius 3 is 2.45 bits per heavy atom. The first-order valence-corrected chi connectivity index (χ1v) is 4.36. The lowest BCUT2D eigenvalue weighted by Crippen LogP contribution is -2.34. The zero-order valence-electron chi connectivity index (χ0n) is 7.76. The average Bonchev–Trinajstić information content (AvgIpc) is 2.67. The van der Waals surface area contributed by atoms with Crippen LogP contribution in [0.3, 0.4) is 0 Å². The van der Waals surface area contributed by atoms with Crippen LogP contribution < -0.4 is 5.73 Å². The summed E-state index contributed by atoms with van der Waals surface area (Å²) in [6.07, 6.45) is 3.62. The maximum absolute atomic E-state index is 5.96. The topological polar surface area (TPSA) is 35.2 Å². The molecule has 1 unspecified atom stereocenters. The van der Waals surface area contributed by atoms with E-state index in [2.05, 4.69) is 13.8 Å². The lowest BCUT2D eigenvalue weighted by molar-refractivity contribution is 0.00855. The molecule has 1 atom stereocenters. The molecule has 0 amide bonds. The van der Waals surface area contributed by atoms with Crippen LogP contribution in [-0.4, -0.2) is 18.8 Å². The normalized spacial score (nSPS) is 21.8. The second-order valence-electron chi connectivity index (χ2n) is 4.17. The van der Waals surface area contributed by atoms with Crippen molar-refractivity contribution in [2.24, 2.45) is 11.7 Å². The minimum absolute atomic E-state index is 0.0397. The lowest BCUT2D eigenvalue weighted by atomic mass is 9.96. The molecule has 0 heterocycles. The van der Waals surface area contributed by atoms with Gasteiger partial charge in [-0.3, -0.25) is 0 Å². The van der Waals surface area contributed by atoms with Gasteiger partial charge in [-0.25, -0.2) is 0 Å². The molecule has 0 aromatic heterocycles. The number of nitrogens with two attached hydrogens (primary N) is 1. The molecule has 1 saturated carbocycles. The zero-order chi connectivity index (χ0) is 8.48. The van der Waals surface area contributed by atoms with E-state index in [0.717, 1.165) is 12.3 Å². The van der Waals surface area contributed by atoms with E-state index >= 15 is 0 Å². The van der Waals surface area contributed by atoms with E-state index in [0.29, 0.717) is 6.04 Å². The fraction of sp³-hybridized carbons (Fsp3) is 1.00. The largest absolute Gasteiger partial charge is 0.379 e. The molecule has 0 aromatic rings. The Bertz CT molecular complexity index is 130. The van der Waals surface area contributed by atoms with Crippen molar-refractivity contribution in [2.45, 2.75) is 44.8 Å². The molecular weight excluding hydrogens is 138 g/mol. The van der Waals surface area contributed by atoms with E-state index in [1.807, 2.05) is 0 Å². The third kappa shape index (κ3) is 2.80. The predicted molar refractivity (Wildman–Crippen MR) is 46.4 cm³/mol. The van der Waals surface area contributed by atoms with E-state index < -0.39 is 0 Å². The van der Waals surface area contributed by atoms with Crippen LogP contribution in [0.2, 0.25) is 0 Å². The third-order valence-corrected chi connectivity index (χ3v) is 2.51. The van der Waals surface area contributed by atoms with Gasteiger partial charge in [-0.05, 0) is 39.0 Å². The Kier molecular flexibility index (Phi) is 2.55. The average molecular weight is 157 g/mol. The maximum Gasteiger partial charge on any atom is 0.0637 e. The van der Waals surface area contributed by atoms with Gasteiger partial charge in [0.15, 0.2) is 0 Å². The Balaban J connectivity index is 2.27. The van der Waals surface area contributed by atoms with Crippen molar-refractivity contribution in [3.8, 4) is 0 Å². The molecule has 0 aliphatic heterocycles. The molecule has 2 heteroatoms. The number of hydrogen-bond donors (Lipinski definition) is 1. The molecule has 0 saturated heterocycles. The van der Waals surface area contributed by atoms with Crippen molar-refractivity contribution >= 4 is 0 Å². The van der Waals surface area contributed by atoms with Gasteiger partial charge in [0, 0.05) is 13.2 Å². The molecule has 1 aliphatic carbocycles. The predicted octanol–water partition coefficient (Wildman–Crippen LogP) is 1.54. The van der Waals surface area contributed by atoms with Crippen LogP contribution in [0.1, 0.15) is 33.1 Å². The summed E-state index contributed by atoms with van der Waals surface area (Å²) in [5.74, 6) is 0.782. The van der Waals surface area contributed by atoms with Gasteiger partial charge < -0.3 is 10.5 Å². The summed E-state index contributed by atoms with van der Waals surface area (Å²) in [7, 11) is 1.75. The van der Waals surface area contributed by atoms with Gasteiger partial charge in [0.25, 0.3) is 0 Å². The molecule has 1 fully saturated rings. The Labute approximate surface area is 69.1 Å². The van der Waals surface area contributed by atoms with Crippen LogP contribution in [0.5, 0.6) is 0 Å². The molecule has 0 spiro atoms. The van der Waals surface area contributed by atoms with Crippen LogP contribution in [0, 0.1) is 5.92 Å². The molecule has 11 heavy (non-hydrogen) atoms. The summed E-state index contributed by atoms with van der Waals surface area (Å²) in [6, 6.07) is 0.352. The molecule has 0 bridgehead atoms. The summed E-state index contributed by atoms with van der Waals surface area (Å²) in [5.41, 5.74) is 5.92. The third-order valence-electron chi connectivity index (χ3n) is 2.51. The van der Waals surface area contributed by atoms with Crippen LogP contribution >= 0.6 is 0 Å². The van der Waals surface area contributed by atoms with Crippen molar-refractivity contribution in [3.05, 3.63) is 0 Å². The van der Waals surface area contributed by atoms with Gasteiger partial charge in [-0.15, -0.1) is 0 Å². The summed E-state index contributed by atoms with van der Waals surface area (Å²) in [6.45, 7) is 4.19. The van der Waals surface area contributed by atoms with Crippen molar-refractivity contribution in [2.75, 3.05) is 7.11 Å². The molecule has 66 valence electrons. The molecule has 2 nitrogen and oxygen atoms in total. The standard InChI is InChI=1S/C9H19NO/c1-9(2,11-3)6-8(10)7-4-5-7/h7-8H,4-6,10H2,1-3H3. The molecule has 0 radical (unpaired) electrons. The fourth-order valence-electron chi connectivity index (χ4n) is 1.34. The SMILES string of the molecule is COC(C)(C)CC(N)C1CC1. The number of ether oxygens (including phenoxy) is 1. The van der Waals surface area contributed by atoms with Gasteiger partial charge in [0.2, 0.25) is 0 Å². The number of methoxy groups -OCH3 is 1. The Morgan fingerprint density at radius 2 is 2.09 bits per heavy atom. The van der Waals surface area contributed by atoms with E-state index in [4.69, 9.17) is 10.5 Å². The summed E-state index contributed by atoms with van der Waals surface area (Å²) < 4.78 is 5.31. The highest BCUT2D eigenvalue weighted by Gasteiger charge is 2.32. The minimum atomic E-state index is -0.0397. The van der Waals surface area contributed by atoms with Crippen LogP contribution in [-0.2, 0) is 4.74 Å². The van der Waals surface area contributed by atoms with Gasteiger partial charge >= 0.3 is 0 Å². The van der Waals surface area contributed by atoms with Gasteiger partial charge in [-0.2, -0.15) is 0 Å². The van der Waals surface area contributed by atoms with Crippen molar-refractivity contribution < 1.29 is 4.74 Å². The van der Waals surface area contributed by atoms with Crippen LogP contribution in [0.25, 0.3) is 0 Å². The zero-order valence-corrected chi connectivity index (χ0v) is 7.76. The molecule has 1 aliphatic rings. The highest BCUT2D eigenvalue weighted by Crippen LogP contribution is 2.35. The first kappa shape index (κ1) is 9.01. The first-order chi connectivity index (χ1) is 5.05. The summed E-state index contributed by atoms with van der Waals surface area (Å²) in [4.78, 5) is 0. The monoisotopic (exact) mass is 157 g/mol. The smallest absolute Gasteiger partial charge is 0.0637 e. The molecule has 1 rings (SSSR count). The van der Waals surface area contributed by atoms with E-state index in [1.165, 1.54) is 12.8 Å². The van der Waals surface area contributed by atoms with E-state index in [1.54, 1.807) is 7.11 Å². The summed E-state index contributed by atoms with van der Waals surface area (Å²) in [5, 5.41) is 0. The fourth-order valence-corrected chi connectivity index (χ4v) is 1.34. The quantitative estimate of drug-likeness (QED) is 0.672. The lowest BCUT2D eigenvalue weighted by Gasteiger charge is -2.26. The summed E-state index contributed by atoms with van der Waals surface area (Å²) >= 11 is 0. The van der Waals surface area contributed by atoms with Gasteiger partial charge in [0.05, 0.1) is 5.60 Å². The van der Waals surface area contributed by atoms with Gasteiger partial charge in [0.1, 0.15) is 0 Å². The first-order valence-electron chi connectivity index (χ1n) is 4.36. The highest BCUT2D eigenvalue weighted by molar-refractivity contribution is 4.88. The highest BCUT2D eigenvalue weighted by atomic mass is 16.5. The van der Waals surface area contributed by atoms with E-state index in [9.17, 15) is 0 Å². The minimum Gasteiger partial charge on any atom is -0.379 e. The second kappa shape index (κ2) is 3.11. The number of hydrogen-bond acceptors (Lipinski definition) is 2. The maximum atomic E-state index is 5.96. The van der Waals surface area contributed by atoms with Crippen LogP contribution in [0.4, 0.5) is 0 Å². The number of rotatable bonds is 4. The van der Waals surface area contributed by atoms with Crippen molar-refractivity contribution in [1.82, 2.24) is 0 Å². The molecule has 2 N–H and O–H groups in total.